The topological polar surface area (TPSA) is 86.7 Å². The van der Waals surface area contributed by atoms with E-state index < -0.39 is 37.0 Å². The standard InChI is InChI=1S/C24H20Cl2O6/c25-17-9-5-15(6-10-17)21(27)13-31-23(29)19-3-1-2-4-20(19)24(30)32-14-22(28)16-7-11-18(26)12-8-16/h1-2,5-12,19-20H,3-4,13-14H2/t19-,20-/m0/s1. The van der Waals surface area contributed by atoms with Crippen LogP contribution in [0.25, 0.3) is 0 Å². The van der Waals surface area contributed by atoms with Crippen LogP contribution >= 0.6 is 23.2 Å². The van der Waals surface area contributed by atoms with Gasteiger partial charge in [-0.05, 0) is 61.4 Å². The van der Waals surface area contributed by atoms with Crippen molar-refractivity contribution >= 4 is 46.7 Å². The predicted octanol–water partition coefficient (Wildman–Crippen LogP) is 4.73. The molecule has 0 heterocycles. The van der Waals surface area contributed by atoms with Crippen molar-refractivity contribution in [3.05, 3.63) is 81.9 Å². The van der Waals surface area contributed by atoms with Crippen molar-refractivity contribution in [1.29, 1.82) is 0 Å². The van der Waals surface area contributed by atoms with Crippen molar-refractivity contribution < 1.29 is 28.7 Å². The Balaban J connectivity index is 1.55. The maximum absolute atomic E-state index is 12.6. The first-order valence-electron chi connectivity index (χ1n) is 9.91. The van der Waals surface area contributed by atoms with Crippen LogP contribution in [-0.4, -0.2) is 36.7 Å². The molecule has 0 bridgehead atoms. The van der Waals surface area contributed by atoms with Crippen LogP contribution in [0.2, 0.25) is 10.0 Å². The molecule has 8 heteroatoms. The lowest BCUT2D eigenvalue weighted by molar-refractivity contribution is -0.159. The Bertz CT molecular complexity index is 944. The van der Waals surface area contributed by atoms with Gasteiger partial charge in [0.05, 0.1) is 11.8 Å². The van der Waals surface area contributed by atoms with Gasteiger partial charge in [-0.15, -0.1) is 0 Å². The SMILES string of the molecule is O=C(COC(=O)[C@H]1CC=CC[C@@H]1C(=O)OCC(=O)c1ccc(Cl)cc1)c1ccc(Cl)cc1. The molecular weight excluding hydrogens is 455 g/mol. The molecule has 0 N–H and O–H groups in total. The fraction of sp³-hybridized carbons (Fsp3) is 0.250. The monoisotopic (exact) mass is 474 g/mol. The number of hydrogen-bond acceptors (Lipinski definition) is 6. The molecule has 0 saturated carbocycles. The van der Waals surface area contributed by atoms with Gasteiger partial charge in [0, 0.05) is 21.2 Å². The van der Waals surface area contributed by atoms with Crippen molar-refractivity contribution in [3.63, 3.8) is 0 Å². The van der Waals surface area contributed by atoms with Crippen LogP contribution in [-0.2, 0) is 19.1 Å². The van der Waals surface area contributed by atoms with Gasteiger partial charge in [0.15, 0.2) is 24.8 Å². The molecule has 2 aromatic rings. The number of rotatable bonds is 8. The Hall–Kier alpha value is -2.96. The third-order valence-corrected chi connectivity index (χ3v) is 5.57. The average Bonchev–Trinajstić information content (AvgIpc) is 2.81. The average molecular weight is 475 g/mol. The van der Waals surface area contributed by atoms with Gasteiger partial charge in [-0.2, -0.15) is 0 Å². The van der Waals surface area contributed by atoms with Crippen molar-refractivity contribution in [1.82, 2.24) is 0 Å². The summed E-state index contributed by atoms with van der Waals surface area (Å²) in [6.45, 7) is -0.894. The summed E-state index contributed by atoms with van der Waals surface area (Å²) < 4.78 is 10.3. The van der Waals surface area contributed by atoms with Gasteiger partial charge >= 0.3 is 11.9 Å². The van der Waals surface area contributed by atoms with Gasteiger partial charge in [-0.1, -0.05) is 35.4 Å². The van der Waals surface area contributed by atoms with E-state index in [0.29, 0.717) is 21.2 Å². The Labute approximate surface area is 195 Å². The number of halogens is 2. The third-order valence-electron chi connectivity index (χ3n) is 5.06. The summed E-state index contributed by atoms with van der Waals surface area (Å²) in [5.74, 6) is -3.68. The molecule has 1 aliphatic carbocycles. The van der Waals surface area contributed by atoms with E-state index in [1.165, 1.54) is 0 Å². The molecule has 0 fully saturated rings. The third kappa shape index (κ3) is 6.28. The number of ether oxygens (including phenoxy) is 2. The van der Waals surface area contributed by atoms with Crippen molar-refractivity contribution in [2.75, 3.05) is 13.2 Å². The highest BCUT2D eigenvalue weighted by Gasteiger charge is 2.36. The predicted molar refractivity (Wildman–Crippen MR) is 119 cm³/mol. The Morgan fingerprint density at radius 2 is 1.00 bits per heavy atom. The number of hydrogen-bond donors (Lipinski definition) is 0. The molecule has 32 heavy (non-hydrogen) atoms. The van der Waals surface area contributed by atoms with Crippen LogP contribution in [0.3, 0.4) is 0 Å². The summed E-state index contributed by atoms with van der Waals surface area (Å²) in [6.07, 6.45) is 4.10. The molecule has 0 amide bonds. The van der Waals surface area contributed by atoms with E-state index in [9.17, 15) is 19.2 Å². The smallest absolute Gasteiger partial charge is 0.310 e. The molecule has 0 unspecified atom stereocenters. The summed E-state index contributed by atoms with van der Waals surface area (Å²) in [5, 5.41) is 0.979. The van der Waals surface area contributed by atoms with Crippen molar-refractivity contribution in [2.24, 2.45) is 11.8 Å². The Kier molecular flexibility index (Phi) is 8.20. The summed E-state index contributed by atoms with van der Waals surface area (Å²) in [6, 6.07) is 12.4. The van der Waals surface area contributed by atoms with E-state index in [1.807, 2.05) is 0 Å². The number of ketones is 2. The quantitative estimate of drug-likeness (QED) is 0.312. The molecule has 0 aromatic heterocycles. The molecule has 0 aliphatic heterocycles. The molecule has 1 aliphatic rings. The number of benzene rings is 2. The zero-order chi connectivity index (χ0) is 23.1. The van der Waals surface area contributed by atoms with Gasteiger partial charge in [-0.3, -0.25) is 19.2 Å². The first kappa shape index (κ1) is 23.7. The lowest BCUT2D eigenvalue weighted by atomic mass is 9.83. The molecule has 0 spiro atoms. The van der Waals surface area contributed by atoms with Crippen LogP contribution in [0.5, 0.6) is 0 Å². The minimum absolute atomic E-state index is 0.277. The van der Waals surface area contributed by atoms with Gasteiger partial charge in [-0.25, -0.2) is 0 Å². The zero-order valence-electron chi connectivity index (χ0n) is 17.0. The second-order valence-corrected chi connectivity index (χ2v) is 8.10. The van der Waals surface area contributed by atoms with Crippen LogP contribution in [0, 0.1) is 11.8 Å². The lowest BCUT2D eigenvalue weighted by Crippen LogP contribution is -2.35. The van der Waals surface area contributed by atoms with E-state index >= 15 is 0 Å². The number of Topliss-reactive ketones (excluding diaryl/α,β-unsaturated/α-hetero) is 2. The number of allylic oxidation sites excluding steroid dienone is 2. The number of carbonyl (C=O) groups excluding carboxylic acids is 4. The Morgan fingerprint density at radius 1 is 0.656 bits per heavy atom. The highest BCUT2D eigenvalue weighted by atomic mass is 35.5. The number of esters is 2. The van der Waals surface area contributed by atoms with Crippen molar-refractivity contribution in [2.45, 2.75) is 12.8 Å². The van der Waals surface area contributed by atoms with Gasteiger partial charge in [0.25, 0.3) is 0 Å². The molecule has 3 rings (SSSR count). The first-order valence-corrected chi connectivity index (χ1v) is 10.7. The normalized spacial score (nSPS) is 17.4. The summed E-state index contributed by atoms with van der Waals surface area (Å²) in [5.41, 5.74) is 0.727. The molecular formula is C24H20Cl2O6. The zero-order valence-corrected chi connectivity index (χ0v) is 18.5. The highest BCUT2D eigenvalue weighted by Crippen LogP contribution is 2.28. The molecule has 6 nitrogen and oxygen atoms in total. The molecule has 0 saturated heterocycles. The fourth-order valence-electron chi connectivity index (χ4n) is 3.26. The summed E-state index contributed by atoms with van der Waals surface area (Å²) in [4.78, 5) is 49.6. The van der Waals surface area contributed by atoms with E-state index in [4.69, 9.17) is 32.7 Å². The van der Waals surface area contributed by atoms with Gasteiger partial charge in [0.1, 0.15) is 0 Å². The van der Waals surface area contributed by atoms with E-state index in [0.717, 1.165) is 0 Å². The maximum Gasteiger partial charge on any atom is 0.310 e. The highest BCUT2D eigenvalue weighted by molar-refractivity contribution is 6.31. The van der Waals surface area contributed by atoms with Crippen LogP contribution in [0.4, 0.5) is 0 Å². The summed E-state index contributed by atoms with van der Waals surface area (Å²) >= 11 is 11.6. The van der Waals surface area contributed by atoms with Gasteiger partial charge in [0.2, 0.25) is 0 Å². The van der Waals surface area contributed by atoms with E-state index in [-0.39, 0.29) is 24.4 Å². The lowest BCUT2D eigenvalue weighted by Gasteiger charge is -2.25. The maximum atomic E-state index is 12.6. The first-order chi connectivity index (χ1) is 15.3. The largest absolute Gasteiger partial charge is 0.457 e. The fourth-order valence-corrected chi connectivity index (χ4v) is 3.51. The van der Waals surface area contributed by atoms with Gasteiger partial charge < -0.3 is 9.47 Å². The minimum atomic E-state index is -0.795. The molecule has 166 valence electrons. The summed E-state index contributed by atoms with van der Waals surface area (Å²) in [7, 11) is 0. The molecule has 2 atom stereocenters. The van der Waals surface area contributed by atoms with E-state index in [2.05, 4.69) is 0 Å². The number of carbonyl (C=O) groups is 4. The van der Waals surface area contributed by atoms with Crippen LogP contribution in [0.1, 0.15) is 33.6 Å². The second kappa shape index (κ2) is 11.1. The van der Waals surface area contributed by atoms with Crippen molar-refractivity contribution in [3.8, 4) is 0 Å². The van der Waals surface area contributed by atoms with Crippen LogP contribution in [0.15, 0.2) is 60.7 Å². The van der Waals surface area contributed by atoms with E-state index in [1.54, 1.807) is 60.7 Å². The second-order valence-electron chi connectivity index (χ2n) is 7.23. The van der Waals surface area contributed by atoms with Crippen LogP contribution < -0.4 is 0 Å². The Morgan fingerprint density at radius 3 is 1.34 bits per heavy atom. The molecule has 0 radical (unpaired) electrons. The molecule has 2 aromatic carbocycles. The minimum Gasteiger partial charge on any atom is -0.457 e.